The van der Waals surface area contributed by atoms with Crippen molar-refractivity contribution in [1.82, 2.24) is 5.32 Å². The van der Waals surface area contributed by atoms with Gasteiger partial charge in [-0.3, -0.25) is 4.79 Å². The van der Waals surface area contributed by atoms with Gasteiger partial charge in [-0.05, 0) is 25.2 Å². The third-order valence-corrected chi connectivity index (χ3v) is 3.96. The smallest absolute Gasteiger partial charge is 0.312 e. The largest absolute Gasteiger partial charge is 0.369 e. The Labute approximate surface area is 129 Å². The van der Waals surface area contributed by atoms with Crippen LogP contribution in [0.25, 0.3) is 0 Å². The maximum Gasteiger partial charge on any atom is 0.312 e. The first-order valence-corrected chi connectivity index (χ1v) is 8.33. The monoisotopic (exact) mass is 299 g/mol. The summed E-state index contributed by atoms with van der Waals surface area (Å²) < 4.78 is 0. The third kappa shape index (κ3) is 11.1. The Kier molecular flexibility index (Phi) is 11.7. The van der Waals surface area contributed by atoms with Crippen LogP contribution in [-0.4, -0.2) is 18.5 Å². The lowest BCUT2D eigenvalue weighted by Gasteiger charge is -2.22. The van der Waals surface area contributed by atoms with Gasteiger partial charge in [-0.1, -0.05) is 52.4 Å². The van der Waals surface area contributed by atoms with Crippen LogP contribution >= 0.6 is 0 Å². The molecule has 0 aliphatic heterocycles. The molecule has 5 nitrogen and oxygen atoms in total. The van der Waals surface area contributed by atoms with Crippen molar-refractivity contribution in [3.8, 4) is 0 Å². The van der Waals surface area contributed by atoms with Gasteiger partial charge in [0, 0.05) is 12.5 Å². The van der Waals surface area contributed by atoms with E-state index in [-0.39, 0.29) is 17.7 Å². The zero-order valence-electron chi connectivity index (χ0n) is 13.7. The Balaban J connectivity index is 4.39. The summed E-state index contributed by atoms with van der Waals surface area (Å²) in [4.78, 5) is 22.5. The highest BCUT2D eigenvalue weighted by Crippen LogP contribution is 2.22. The van der Waals surface area contributed by atoms with Gasteiger partial charge in [0.05, 0.1) is 0 Å². The van der Waals surface area contributed by atoms with Crippen molar-refractivity contribution in [2.75, 3.05) is 6.54 Å². The number of primary amides is 2. The normalized spacial score (nSPS) is 13.6. The summed E-state index contributed by atoms with van der Waals surface area (Å²) in [6.45, 7) is 4.84. The van der Waals surface area contributed by atoms with Crippen LogP contribution in [0.2, 0.25) is 0 Å². The summed E-state index contributed by atoms with van der Waals surface area (Å²) in [5.74, 6) is -0.0216. The molecule has 0 spiro atoms. The highest BCUT2D eigenvalue weighted by Gasteiger charge is 2.21. The minimum absolute atomic E-state index is 0.0853. The van der Waals surface area contributed by atoms with Crippen molar-refractivity contribution in [3.05, 3.63) is 0 Å². The molecule has 21 heavy (non-hydrogen) atoms. The summed E-state index contributed by atoms with van der Waals surface area (Å²) >= 11 is 0. The first-order valence-electron chi connectivity index (χ1n) is 8.33. The fourth-order valence-electron chi connectivity index (χ4n) is 2.65. The molecule has 0 aliphatic rings. The van der Waals surface area contributed by atoms with E-state index in [1.54, 1.807) is 0 Å². The summed E-state index contributed by atoms with van der Waals surface area (Å²) in [6, 6.07) is -0.503. The molecule has 2 atom stereocenters. The van der Waals surface area contributed by atoms with Crippen LogP contribution in [0.3, 0.4) is 0 Å². The summed E-state index contributed by atoms with van der Waals surface area (Å²) in [5, 5.41) is 2.67. The fourth-order valence-corrected chi connectivity index (χ4v) is 2.65. The number of hydrogen-bond acceptors (Lipinski definition) is 2. The van der Waals surface area contributed by atoms with Gasteiger partial charge in [0.2, 0.25) is 5.91 Å². The van der Waals surface area contributed by atoms with Gasteiger partial charge >= 0.3 is 6.03 Å². The number of carbonyl (C=O) groups excluding carboxylic acids is 2. The second kappa shape index (κ2) is 12.5. The number of hydrogen-bond donors (Lipinski definition) is 3. The van der Waals surface area contributed by atoms with E-state index in [0.29, 0.717) is 6.54 Å². The maximum absolute atomic E-state index is 11.6. The Bertz CT molecular complexity index is 295. The van der Waals surface area contributed by atoms with E-state index < -0.39 is 6.03 Å². The fraction of sp³-hybridized carbons (Fsp3) is 0.875. The van der Waals surface area contributed by atoms with Crippen LogP contribution in [0.15, 0.2) is 0 Å². The zero-order valence-corrected chi connectivity index (χ0v) is 13.7. The van der Waals surface area contributed by atoms with Gasteiger partial charge in [-0.15, -0.1) is 0 Å². The molecule has 0 aromatic carbocycles. The highest BCUT2D eigenvalue weighted by atomic mass is 16.2. The molecule has 0 radical (unpaired) electrons. The van der Waals surface area contributed by atoms with Crippen molar-refractivity contribution in [3.63, 3.8) is 0 Å². The predicted molar refractivity (Wildman–Crippen MR) is 86.7 cm³/mol. The number of unbranched alkanes of at least 4 members (excludes halogenated alkanes) is 4. The molecule has 0 bridgehead atoms. The standard InChI is InChI=1S/C16H33N3O2/c1-3-5-7-9-13(12-19-16(18)21)11-14(15(17)20)10-8-6-4-2/h13-14H,3-12H2,1-2H3,(H2,17,20)(H3,18,19,21). The summed E-state index contributed by atoms with van der Waals surface area (Å²) in [6.07, 6.45) is 9.35. The average molecular weight is 299 g/mol. The Morgan fingerprint density at radius 2 is 1.52 bits per heavy atom. The summed E-state index contributed by atoms with van der Waals surface area (Å²) in [7, 11) is 0. The number of amides is 3. The SMILES string of the molecule is CCCCCC(CNC(N)=O)CC(CCCCC)C(N)=O. The zero-order chi connectivity index (χ0) is 16.1. The quantitative estimate of drug-likeness (QED) is 0.456. The van der Waals surface area contributed by atoms with Crippen LogP contribution in [0, 0.1) is 11.8 Å². The van der Waals surface area contributed by atoms with Crippen LogP contribution in [0.5, 0.6) is 0 Å². The number of nitrogens with one attached hydrogen (secondary N) is 1. The van der Waals surface area contributed by atoms with Crippen molar-refractivity contribution in [2.45, 2.75) is 71.6 Å². The molecule has 3 amide bonds. The molecule has 5 N–H and O–H groups in total. The molecule has 0 heterocycles. The van der Waals surface area contributed by atoms with E-state index in [9.17, 15) is 9.59 Å². The van der Waals surface area contributed by atoms with E-state index >= 15 is 0 Å². The molecule has 0 aliphatic carbocycles. The molecular weight excluding hydrogens is 266 g/mol. The molecule has 0 saturated carbocycles. The summed E-state index contributed by atoms with van der Waals surface area (Å²) in [5.41, 5.74) is 10.7. The number of urea groups is 1. The molecule has 0 saturated heterocycles. The second-order valence-electron chi connectivity index (χ2n) is 5.94. The Morgan fingerprint density at radius 1 is 0.952 bits per heavy atom. The van der Waals surface area contributed by atoms with Crippen molar-refractivity contribution >= 4 is 11.9 Å². The maximum atomic E-state index is 11.6. The molecule has 124 valence electrons. The van der Waals surface area contributed by atoms with E-state index in [1.165, 1.54) is 6.42 Å². The first-order chi connectivity index (χ1) is 10.0. The van der Waals surface area contributed by atoms with Gasteiger partial charge < -0.3 is 16.8 Å². The Morgan fingerprint density at radius 3 is 2.00 bits per heavy atom. The second-order valence-corrected chi connectivity index (χ2v) is 5.94. The Hall–Kier alpha value is -1.26. The van der Waals surface area contributed by atoms with Crippen molar-refractivity contribution in [1.29, 1.82) is 0 Å². The van der Waals surface area contributed by atoms with E-state index in [1.807, 2.05) is 0 Å². The predicted octanol–water partition coefficient (Wildman–Crippen LogP) is 2.92. The van der Waals surface area contributed by atoms with E-state index in [2.05, 4.69) is 19.2 Å². The van der Waals surface area contributed by atoms with Crippen molar-refractivity contribution < 1.29 is 9.59 Å². The molecule has 0 rings (SSSR count). The van der Waals surface area contributed by atoms with Gasteiger partial charge in [0.15, 0.2) is 0 Å². The van der Waals surface area contributed by atoms with Crippen LogP contribution in [-0.2, 0) is 4.79 Å². The van der Waals surface area contributed by atoms with Crippen LogP contribution in [0.1, 0.15) is 71.6 Å². The van der Waals surface area contributed by atoms with Crippen LogP contribution < -0.4 is 16.8 Å². The molecular formula is C16H33N3O2. The number of carbonyl (C=O) groups is 2. The van der Waals surface area contributed by atoms with Crippen LogP contribution in [0.4, 0.5) is 4.79 Å². The van der Waals surface area contributed by atoms with Gasteiger partial charge in [-0.25, -0.2) is 4.79 Å². The minimum Gasteiger partial charge on any atom is -0.369 e. The average Bonchev–Trinajstić information content (AvgIpc) is 2.43. The lowest BCUT2D eigenvalue weighted by Crippen LogP contribution is -2.35. The number of nitrogens with two attached hydrogens (primary N) is 2. The molecule has 5 heteroatoms. The van der Waals surface area contributed by atoms with Crippen molar-refractivity contribution in [2.24, 2.45) is 23.3 Å². The molecule has 2 unspecified atom stereocenters. The van der Waals surface area contributed by atoms with E-state index in [0.717, 1.165) is 51.4 Å². The highest BCUT2D eigenvalue weighted by molar-refractivity contribution is 5.76. The topological polar surface area (TPSA) is 98.2 Å². The lowest BCUT2D eigenvalue weighted by atomic mass is 9.86. The van der Waals surface area contributed by atoms with E-state index in [4.69, 9.17) is 11.5 Å². The van der Waals surface area contributed by atoms with Gasteiger partial charge in [0.25, 0.3) is 0 Å². The third-order valence-electron chi connectivity index (χ3n) is 3.96. The number of rotatable bonds is 13. The minimum atomic E-state index is -0.503. The molecule has 0 aromatic rings. The molecule has 0 aromatic heterocycles. The van der Waals surface area contributed by atoms with Gasteiger partial charge in [-0.2, -0.15) is 0 Å². The molecule has 0 fully saturated rings. The lowest BCUT2D eigenvalue weighted by molar-refractivity contribution is -0.122. The first kappa shape index (κ1) is 19.7. The van der Waals surface area contributed by atoms with Gasteiger partial charge in [0.1, 0.15) is 0 Å².